The molecule has 0 saturated heterocycles. The van der Waals surface area contributed by atoms with E-state index in [1.807, 2.05) is 4.68 Å². The Balaban J connectivity index is 2.10. The molecular weight excluding hydrogens is 192 g/mol. The Morgan fingerprint density at radius 2 is 2.53 bits per heavy atom. The zero-order valence-electron chi connectivity index (χ0n) is 8.81. The number of hydrogen-bond donors (Lipinski definition) is 2. The minimum absolute atomic E-state index is 0.00297. The number of amides is 1. The van der Waals surface area contributed by atoms with E-state index < -0.39 is 0 Å². The zero-order valence-corrected chi connectivity index (χ0v) is 8.81. The monoisotopic (exact) mass is 208 g/mol. The predicted molar refractivity (Wildman–Crippen MR) is 57.3 cm³/mol. The third-order valence-electron chi connectivity index (χ3n) is 2.81. The minimum Gasteiger partial charge on any atom is -0.322 e. The normalized spacial score (nSPS) is 17.5. The average molecular weight is 208 g/mol. The van der Waals surface area contributed by atoms with Gasteiger partial charge < -0.3 is 11.1 Å². The lowest BCUT2D eigenvalue weighted by molar-refractivity contribution is -0.114. The number of carbonyl (C=O) groups is 1. The predicted octanol–water partition coefficient (Wildman–Crippen LogP) is 0.751. The van der Waals surface area contributed by atoms with Crippen molar-refractivity contribution in [3.63, 3.8) is 0 Å². The van der Waals surface area contributed by atoms with Crippen LogP contribution < -0.4 is 11.1 Å². The molecule has 0 radical (unpaired) electrons. The lowest BCUT2D eigenvalue weighted by Gasteiger charge is -2.14. The van der Waals surface area contributed by atoms with Crippen molar-refractivity contribution in [2.24, 2.45) is 11.7 Å². The van der Waals surface area contributed by atoms with Crippen molar-refractivity contribution in [1.29, 1.82) is 0 Å². The molecule has 1 aromatic rings. The highest BCUT2D eigenvalue weighted by atomic mass is 16.1. The summed E-state index contributed by atoms with van der Waals surface area (Å²) < 4.78 is 1.87. The van der Waals surface area contributed by atoms with Crippen LogP contribution in [0.15, 0.2) is 12.3 Å². The molecule has 0 unspecified atom stereocenters. The molecule has 0 aliphatic heterocycles. The Morgan fingerprint density at radius 3 is 3.13 bits per heavy atom. The van der Waals surface area contributed by atoms with Crippen LogP contribution in [0.5, 0.6) is 0 Å². The van der Waals surface area contributed by atoms with Gasteiger partial charge in [-0.2, -0.15) is 5.10 Å². The first-order chi connectivity index (χ1) is 7.22. The fraction of sp³-hybridized carbons (Fsp3) is 0.600. The maximum absolute atomic E-state index is 11.2. The van der Waals surface area contributed by atoms with Crippen LogP contribution in [0.3, 0.4) is 0 Å². The van der Waals surface area contributed by atoms with Gasteiger partial charge in [0.05, 0.1) is 18.8 Å². The standard InChI is InChI=1S/C10H16N4O/c1-7(8-2-3-8)14-9(4-5-12-14)13-10(15)6-11/h4-5,7-8H,2-3,6,11H2,1H3,(H,13,15)/t7-/m0/s1. The molecule has 0 bridgehead atoms. The van der Waals surface area contributed by atoms with E-state index in [1.165, 1.54) is 12.8 Å². The number of nitrogens with two attached hydrogens (primary N) is 1. The van der Waals surface area contributed by atoms with Gasteiger partial charge in [0.25, 0.3) is 0 Å². The van der Waals surface area contributed by atoms with Crippen molar-refractivity contribution in [1.82, 2.24) is 9.78 Å². The summed E-state index contributed by atoms with van der Waals surface area (Å²) in [5, 5.41) is 6.97. The molecule has 0 spiro atoms. The maximum atomic E-state index is 11.2. The summed E-state index contributed by atoms with van der Waals surface area (Å²) in [6, 6.07) is 2.15. The number of carbonyl (C=O) groups excluding carboxylic acids is 1. The minimum atomic E-state index is -0.181. The van der Waals surface area contributed by atoms with Gasteiger partial charge in [-0.1, -0.05) is 0 Å². The van der Waals surface area contributed by atoms with Crippen LogP contribution in [0.4, 0.5) is 5.82 Å². The highest BCUT2D eigenvalue weighted by molar-refractivity contribution is 5.91. The van der Waals surface area contributed by atoms with Crippen molar-refractivity contribution in [3.8, 4) is 0 Å². The molecule has 3 N–H and O–H groups in total. The second-order valence-electron chi connectivity index (χ2n) is 3.99. The van der Waals surface area contributed by atoms with Crippen LogP contribution in [-0.4, -0.2) is 22.2 Å². The summed E-state index contributed by atoms with van der Waals surface area (Å²) in [5.74, 6) is 1.27. The number of nitrogens with one attached hydrogen (secondary N) is 1. The van der Waals surface area contributed by atoms with E-state index in [4.69, 9.17) is 5.73 Å². The molecule has 82 valence electrons. The molecule has 1 aliphatic carbocycles. The van der Waals surface area contributed by atoms with Gasteiger partial charge in [-0.15, -0.1) is 0 Å². The van der Waals surface area contributed by atoms with Gasteiger partial charge in [0.2, 0.25) is 5.91 Å². The SMILES string of the molecule is C[C@@H](C1CC1)n1nccc1NC(=O)CN. The number of aromatic nitrogens is 2. The first-order valence-corrected chi connectivity index (χ1v) is 5.26. The third-order valence-corrected chi connectivity index (χ3v) is 2.81. The first-order valence-electron chi connectivity index (χ1n) is 5.26. The molecule has 1 fully saturated rings. The van der Waals surface area contributed by atoms with Crippen LogP contribution in [0, 0.1) is 5.92 Å². The highest BCUT2D eigenvalue weighted by Crippen LogP contribution is 2.40. The largest absolute Gasteiger partial charge is 0.322 e. The summed E-state index contributed by atoms with van der Waals surface area (Å²) in [6.45, 7) is 2.13. The van der Waals surface area contributed by atoms with E-state index in [-0.39, 0.29) is 12.5 Å². The topological polar surface area (TPSA) is 72.9 Å². The van der Waals surface area contributed by atoms with Crippen LogP contribution >= 0.6 is 0 Å². The summed E-state index contributed by atoms with van der Waals surface area (Å²) in [6.07, 6.45) is 4.21. The van der Waals surface area contributed by atoms with E-state index in [1.54, 1.807) is 12.3 Å². The highest BCUT2D eigenvalue weighted by Gasteiger charge is 2.30. The quantitative estimate of drug-likeness (QED) is 0.767. The van der Waals surface area contributed by atoms with Crippen molar-refractivity contribution < 1.29 is 4.79 Å². The van der Waals surface area contributed by atoms with E-state index in [2.05, 4.69) is 17.3 Å². The van der Waals surface area contributed by atoms with E-state index in [0.29, 0.717) is 12.0 Å². The van der Waals surface area contributed by atoms with E-state index >= 15 is 0 Å². The molecule has 1 aliphatic rings. The smallest absolute Gasteiger partial charge is 0.239 e. The molecule has 2 rings (SSSR count). The fourth-order valence-corrected chi connectivity index (χ4v) is 1.71. The number of anilines is 1. The first kappa shape index (κ1) is 10.2. The molecule has 1 saturated carbocycles. The van der Waals surface area contributed by atoms with Crippen molar-refractivity contribution in [2.75, 3.05) is 11.9 Å². The van der Waals surface area contributed by atoms with Gasteiger partial charge in [-0.25, -0.2) is 4.68 Å². The maximum Gasteiger partial charge on any atom is 0.239 e. The molecule has 0 aromatic carbocycles. The zero-order chi connectivity index (χ0) is 10.8. The van der Waals surface area contributed by atoms with Gasteiger partial charge in [0.15, 0.2) is 0 Å². The number of nitrogens with zero attached hydrogens (tertiary/aromatic N) is 2. The van der Waals surface area contributed by atoms with Crippen molar-refractivity contribution in [2.45, 2.75) is 25.8 Å². The van der Waals surface area contributed by atoms with Gasteiger partial charge in [-0.05, 0) is 25.7 Å². The van der Waals surface area contributed by atoms with Crippen molar-refractivity contribution in [3.05, 3.63) is 12.3 Å². The second kappa shape index (κ2) is 4.02. The summed E-state index contributed by atoms with van der Waals surface area (Å²) in [5.41, 5.74) is 5.25. The van der Waals surface area contributed by atoms with Gasteiger partial charge >= 0.3 is 0 Å². The number of rotatable bonds is 4. The van der Waals surface area contributed by atoms with Crippen LogP contribution in [-0.2, 0) is 4.79 Å². The van der Waals surface area contributed by atoms with Crippen LogP contribution in [0.25, 0.3) is 0 Å². The fourth-order valence-electron chi connectivity index (χ4n) is 1.71. The van der Waals surface area contributed by atoms with Gasteiger partial charge in [0, 0.05) is 6.07 Å². The van der Waals surface area contributed by atoms with E-state index in [9.17, 15) is 4.79 Å². The van der Waals surface area contributed by atoms with Crippen LogP contribution in [0.1, 0.15) is 25.8 Å². The van der Waals surface area contributed by atoms with Crippen LogP contribution in [0.2, 0.25) is 0 Å². The average Bonchev–Trinajstić information content (AvgIpc) is 2.99. The molecule has 5 nitrogen and oxygen atoms in total. The summed E-state index contributed by atoms with van der Waals surface area (Å²) in [7, 11) is 0. The Kier molecular flexibility index (Phi) is 2.73. The lowest BCUT2D eigenvalue weighted by Crippen LogP contribution is -2.24. The van der Waals surface area contributed by atoms with Gasteiger partial charge in [0.1, 0.15) is 5.82 Å². The Labute approximate surface area is 88.6 Å². The molecule has 1 heterocycles. The molecule has 1 amide bonds. The van der Waals surface area contributed by atoms with E-state index in [0.717, 1.165) is 5.82 Å². The molecular formula is C10H16N4O. The molecule has 5 heteroatoms. The Morgan fingerprint density at radius 1 is 1.80 bits per heavy atom. The Hall–Kier alpha value is -1.36. The lowest BCUT2D eigenvalue weighted by atomic mass is 10.2. The summed E-state index contributed by atoms with van der Waals surface area (Å²) in [4.78, 5) is 11.2. The third kappa shape index (κ3) is 2.18. The molecule has 1 atom stereocenters. The molecule has 1 aromatic heterocycles. The van der Waals surface area contributed by atoms with Gasteiger partial charge in [-0.3, -0.25) is 4.79 Å². The Bertz CT molecular complexity index is 356. The summed E-state index contributed by atoms with van der Waals surface area (Å²) >= 11 is 0. The molecule has 15 heavy (non-hydrogen) atoms. The number of hydrogen-bond acceptors (Lipinski definition) is 3. The van der Waals surface area contributed by atoms with Crippen molar-refractivity contribution >= 4 is 11.7 Å². The second-order valence-corrected chi connectivity index (χ2v) is 3.99.